The molecule has 0 spiro atoms. The number of primary amides is 1. The minimum atomic E-state index is -0.561. The molecule has 0 aliphatic carbocycles. The Bertz CT molecular complexity index is 1190. The molecule has 32 heavy (non-hydrogen) atoms. The van der Waals surface area contributed by atoms with Crippen molar-refractivity contribution in [3.05, 3.63) is 75.2 Å². The fourth-order valence-corrected chi connectivity index (χ4v) is 4.89. The first-order valence-electron chi connectivity index (χ1n) is 10.4. The minimum Gasteiger partial charge on any atom is -0.454 e. The third-order valence-corrected chi connectivity index (χ3v) is 6.74. The molecule has 1 aliphatic heterocycles. The molecule has 166 valence electrons. The van der Waals surface area contributed by atoms with Crippen molar-refractivity contribution in [3.63, 3.8) is 0 Å². The number of nitrogens with two attached hydrogens (primary N) is 1. The van der Waals surface area contributed by atoms with E-state index >= 15 is 0 Å². The molecule has 4 rings (SSSR count). The van der Waals surface area contributed by atoms with E-state index < -0.39 is 5.91 Å². The smallest absolute Gasteiger partial charge is 0.256 e. The zero-order valence-electron chi connectivity index (χ0n) is 18.6. The van der Waals surface area contributed by atoms with Crippen molar-refractivity contribution >= 4 is 28.2 Å². The first kappa shape index (κ1) is 21.9. The topological polar surface area (TPSA) is 90.7 Å². The van der Waals surface area contributed by atoms with Gasteiger partial charge in [0, 0.05) is 16.9 Å². The zero-order chi connectivity index (χ0) is 23.0. The van der Waals surface area contributed by atoms with E-state index in [4.69, 9.17) is 15.2 Å². The van der Waals surface area contributed by atoms with Crippen LogP contribution in [0.15, 0.2) is 42.5 Å². The van der Waals surface area contributed by atoms with Crippen molar-refractivity contribution in [3.8, 4) is 11.5 Å². The van der Waals surface area contributed by atoms with Gasteiger partial charge in [-0.05, 0) is 53.3 Å². The van der Waals surface area contributed by atoms with Crippen molar-refractivity contribution in [1.29, 1.82) is 0 Å². The molecule has 3 N–H and O–H groups in total. The lowest BCUT2D eigenvalue weighted by Crippen LogP contribution is -2.18. The molecular formula is C25H26N2O4S. The van der Waals surface area contributed by atoms with E-state index in [1.54, 1.807) is 12.1 Å². The number of benzene rings is 2. The fourth-order valence-electron chi connectivity index (χ4n) is 3.65. The summed E-state index contributed by atoms with van der Waals surface area (Å²) in [6.45, 7) is 8.44. The lowest BCUT2D eigenvalue weighted by molar-refractivity contribution is 0.100. The van der Waals surface area contributed by atoms with Gasteiger partial charge in [-0.2, -0.15) is 0 Å². The summed E-state index contributed by atoms with van der Waals surface area (Å²) < 4.78 is 10.8. The zero-order valence-corrected chi connectivity index (χ0v) is 19.4. The average molecular weight is 451 g/mol. The summed E-state index contributed by atoms with van der Waals surface area (Å²) in [4.78, 5) is 26.0. The van der Waals surface area contributed by atoms with Crippen LogP contribution in [0.1, 0.15) is 63.1 Å². The van der Waals surface area contributed by atoms with E-state index in [0.717, 1.165) is 27.3 Å². The Kier molecular flexibility index (Phi) is 5.69. The molecule has 3 aromatic rings. The third-order valence-electron chi connectivity index (χ3n) is 5.53. The predicted octanol–water partition coefficient (Wildman–Crippen LogP) is 5.02. The van der Waals surface area contributed by atoms with Crippen LogP contribution in [0.2, 0.25) is 0 Å². The number of rotatable bonds is 5. The molecule has 0 bridgehead atoms. The predicted molar refractivity (Wildman–Crippen MR) is 126 cm³/mol. The van der Waals surface area contributed by atoms with Gasteiger partial charge in [0.25, 0.3) is 11.8 Å². The van der Waals surface area contributed by atoms with Gasteiger partial charge in [0.1, 0.15) is 5.00 Å². The molecule has 2 aromatic carbocycles. The summed E-state index contributed by atoms with van der Waals surface area (Å²) in [6, 6.07) is 13.3. The van der Waals surface area contributed by atoms with Gasteiger partial charge in [0.05, 0.1) is 5.56 Å². The Balaban J connectivity index is 1.58. The number of carbonyl (C=O) groups excluding carboxylic acids is 2. The van der Waals surface area contributed by atoms with Crippen LogP contribution in [0.3, 0.4) is 0 Å². The maximum atomic E-state index is 12.9. The summed E-state index contributed by atoms with van der Waals surface area (Å²) in [5, 5.41) is 3.36. The van der Waals surface area contributed by atoms with E-state index in [9.17, 15) is 9.59 Å². The lowest BCUT2D eigenvalue weighted by atomic mass is 9.87. The second-order valence-corrected chi connectivity index (χ2v) is 9.97. The van der Waals surface area contributed by atoms with E-state index in [2.05, 4.69) is 26.1 Å². The summed E-state index contributed by atoms with van der Waals surface area (Å²) >= 11 is 1.37. The normalized spacial score (nSPS) is 12.6. The van der Waals surface area contributed by atoms with E-state index in [0.29, 0.717) is 28.3 Å². The number of hydrogen-bond acceptors (Lipinski definition) is 5. The number of anilines is 1. The first-order chi connectivity index (χ1) is 15.1. The van der Waals surface area contributed by atoms with Crippen LogP contribution in [0.25, 0.3) is 0 Å². The Labute approximate surface area is 191 Å². The molecule has 1 aliphatic rings. The summed E-state index contributed by atoms with van der Waals surface area (Å²) in [5.74, 6) is 0.594. The third kappa shape index (κ3) is 4.34. The molecule has 1 aromatic heterocycles. The standard InChI is InChI=1S/C25H26N2O4S/c1-14-20(12-15-5-10-18-19(11-15)31-13-30-18)32-24(21(14)22(26)28)27-23(29)16-6-8-17(9-7-16)25(2,3)4/h5-11H,12-13H2,1-4H3,(H2,26,28)(H,27,29). The highest BCUT2D eigenvalue weighted by Gasteiger charge is 2.22. The fraction of sp³-hybridized carbons (Fsp3) is 0.280. The maximum absolute atomic E-state index is 12.9. The van der Waals surface area contributed by atoms with Crippen LogP contribution >= 0.6 is 11.3 Å². The second kappa shape index (κ2) is 8.31. The molecule has 0 saturated carbocycles. The van der Waals surface area contributed by atoms with Gasteiger partial charge in [-0.25, -0.2) is 0 Å². The van der Waals surface area contributed by atoms with Gasteiger partial charge in [0.2, 0.25) is 6.79 Å². The molecule has 7 heteroatoms. The van der Waals surface area contributed by atoms with E-state index in [-0.39, 0.29) is 18.1 Å². The monoisotopic (exact) mass is 450 g/mol. The number of amides is 2. The summed E-state index contributed by atoms with van der Waals surface area (Å²) in [5.41, 5.74) is 9.48. The number of fused-ring (bicyclic) bond motifs is 1. The second-order valence-electron chi connectivity index (χ2n) is 8.86. The van der Waals surface area contributed by atoms with Crippen LogP contribution in [0, 0.1) is 6.92 Å². The summed E-state index contributed by atoms with van der Waals surface area (Å²) in [6.07, 6.45) is 0.587. The van der Waals surface area contributed by atoms with Crippen molar-refractivity contribution in [1.82, 2.24) is 0 Å². The van der Waals surface area contributed by atoms with Crippen molar-refractivity contribution in [2.24, 2.45) is 5.73 Å². The summed E-state index contributed by atoms with van der Waals surface area (Å²) in [7, 11) is 0. The van der Waals surface area contributed by atoms with E-state index in [1.807, 2.05) is 37.3 Å². The number of hydrogen-bond donors (Lipinski definition) is 2. The van der Waals surface area contributed by atoms with Crippen LogP contribution < -0.4 is 20.5 Å². The number of carbonyl (C=O) groups is 2. The molecule has 0 unspecified atom stereocenters. The van der Waals surface area contributed by atoms with Crippen LogP contribution in [-0.2, 0) is 11.8 Å². The van der Waals surface area contributed by atoms with E-state index in [1.165, 1.54) is 11.3 Å². The van der Waals surface area contributed by atoms with Gasteiger partial charge in [-0.3, -0.25) is 9.59 Å². The SMILES string of the molecule is Cc1c(Cc2ccc3c(c2)OCO3)sc(NC(=O)c2ccc(C(C)(C)C)cc2)c1C(N)=O. The van der Waals surface area contributed by atoms with Gasteiger partial charge >= 0.3 is 0 Å². The van der Waals surface area contributed by atoms with Crippen molar-refractivity contribution in [2.45, 2.75) is 39.5 Å². The van der Waals surface area contributed by atoms with Crippen molar-refractivity contribution < 1.29 is 19.1 Å². The Morgan fingerprint density at radius 3 is 2.41 bits per heavy atom. The number of thiophene rings is 1. The molecular weight excluding hydrogens is 424 g/mol. The molecule has 0 fully saturated rings. The van der Waals surface area contributed by atoms with Gasteiger partial charge in [-0.15, -0.1) is 11.3 Å². The highest BCUT2D eigenvalue weighted by Crippen LogP contribution is 2.37. The lowest BCUT2D eigenvalue weighted by Gasteiger charge is -2.19. The largest absolute Gasteiger partial charge is 0.454 e. The Morgan fingerprint density at radius 2 is 1.75 bits per heavy atom. The molecule has 0 saturated heterocycles. The number of nitrogens with one attached hydrogen (secondary N) is 1. The Hall–Kier alpha value is -3.32. The molecule has 2 heterocycles. The highest BCUT2D eigenvalue weighted by molar-refractivity contribution is 7.17. The van der Waals surface area contributed by atoms with Crippen LogP contribution in [-0.4, -0.2) is 18.6 Å². The number of ether oxygens (including phenoxy) is 2. The van der Waals surface area contributed by atoms with Gasteiger partial charge in [-0.1, -0.05) is 39.0 Å². The van der Waals surface area contributed by atoms with Gasteiger partial charge < -0.3 is 20.5 Å². The quantitative estimate of drug-likeness (QED) is 0.571. The maximum Gasteiger partial charge on any atom is 0.256 e. The molecule has 0 radical (unpaired) electrons. The molecule has 2 amide bonds. The molecule has 0 atom stereocenters. The first-order valence-corrected chi connectivity index (χ1v) is 11.2. The molecule has 6 nitrogen and oxygen atoms in total. The van der Waals surface area contributed by atoms with Crippen molar-refractivity contribution in [2.75, 3.05) is 12.1 Å². The minimum absolute atomic E-state index is 0.00261. The average Bonchev–Trinajstić information content (AvgIpc) is 3.31. The van der Waals surface area contributed by atoms with Crippen LogP contribution in [0.4, 0.5) is 5.00 Å². The highest BCUT2D eigenvalue weighted by atomic mass is 32.1. The van der Waals surface area contributed by atoms with Crippen LogP contribution in [0.5, 0.6) is 11.5 Å². The Morgan fingerprint density at radius 1 is 1.06 bits per heavy atom. The van der Waals surface area contributed by atoms with Gasteiger partial charge in [0.15, 0.2) is 11.5 Å².